The molecule has 0 aliphatic rings. The number of urea groups is 1. The van der Waals surface area contributed by atoms with E-state index in [0.717, 1.165) is 5.76 Å². The van der Waals surface area contributed by atoms with Gasteiger partial charge in [0.2, 0.25) is 0 Å². The molecule has 2 amide bonds. The van der Waals surface area contributed by atoms with E-state index in [0.29, 0.717) is 24.6 Å². The Hall–Kier alpha value is -3.22. The van der Waals surface area contributed by atoms with Crippen molar-refractivity contribution in [3.63, 3.8) is 0 Å². The maximum Gasteiger partial charge on any atom is 0.319 e. The molecule has 1 atom stereocenters. The summed E-state index contributed by atoms with van der Waals surface area (Å²) in [6, 6.07) is 12.3. The van der Waals surface area contributed by atoms with Crippen LogP contribution in [-0.4, -0.2) is 29.0 Å². The van der Waals surface area contributed by atoms with Crippen molar-refractivity contribution in [3.8, 4) is 5.75 Å². The smallest absolute Gasteiger partial charge is 0.319 e. The number of hydrogen-bond donors (Lipinski definition) is 2. The number of amides is 2. The fourth-order valence-corrected chi connectivity index (χ4v) is 2.48. The van der Waals surface area contributed by atoms with Crippen molar-refractivity contribution in [2.45, 2.75) is 13.0 Å². The average Bonchev–Trinajstić information content (AvgIpc) is 3.31. The molecule has 2 N–H and O–H groups in total. The van der Waals surface area contributed by atoms with Gasteiger partial charge in [-0.1, -0.05) is 12.1 Å². The summed E-state index contributed by atoms with van der Waals surface area (Å²) < 4.78 is 12.7. The topological polar surface area (TPSA) is 81.3 Å². The number of benzene rings is 1. The summed E-state index contributed by atoms with van der Waals surface area (Å²) in [5, 5.41) is 9.89. The SMILES string of the molecule is CCOc1ccccc1NC(=O)NCC(c1ccco1)n1cccn1. The van der Waals surface area contributed by atoms with E-state index in [1.54, 1.807) is 23.2 Å². The van der Waals surface area contributed by atoms with E-state index in [1.165, 1.54) is 0 Å². The molecule has 2 aromatic heterocycles. The standard InChI is InChI=1S/C18H20N4O3/c1-2-24-16-8-4-3-7-14(16)21-18(23)19-13-15(17-9-5-12-25-17)22-11-6-10-20-22/h3-12,15H,2,13H2,1H3,(H2,19,21,23). The van der Waals surface area contributed by atoms with Crippen molar-refractivity contribution in [3.05, 3.63) is 66.9 Å². The summed E-state index contributed by atoms with van der Waals surface area (Å²) in [6.07, 6.45) is 5.12. The maximum absolute atomic E-state index is 12.3. The molecule has 0 aliphatic carbocycles. The Morgan fingerprint density at radius 2 is 2.16 bits per heavy atom. The normalized spacial score (nSPS) is 11.7. The third-order valence-corrected chi connectivity index (χ3v) is 3.61. The summed E-state index contributed by atoms with van der Waals surface area (Å²) in [4.78, 5) is 12.3. The van der Waals surface area contributed by atoms with E-state index < -0.39 is 0 Å². The molecule has 0 spiro atoms. The van der Waals surface area contributed by atoms with Crippen LogP contribution in [0.3, 0.4) is 0 Å². The van der Waals surface area contributed by atoms with Gasteiger partial charge in [0, 0.05) is 18.9 Å². The lowest BCUT2D eigenvalue weighted by molar-refractivity contribution is 0.249. The number of furan rings is 1. The highest BCUT2D eigenvalue weighted by Crippen LogP contribution is 2.23. The molecular weight excluding hydrogens is 320 g/mol. The van der Waals surface area contributed by atoms with Crippen LogP contribution in [0, 0.1) is 0 Å². The van der Waals surface area contributed by atoms with Crippen molar-refractivity contribution >= 4 is 11.7 Å². The summed E-state index contributed by atoms with van der Waals surface area (Å²) in [7, 11) is 0. The lowest BCUT2D eigenvalue weighted by Gasteiger charge is -2.17. The Bertz CT molecular complexity index is 750. The number of nitrogens with zero attached hydrogens (tertiary/aromatic N) is 2. The molecule has 0 aliphatic heterocycles. The van der Waals surface area contributed by atoms with Crippen LogP contribution in [0.5, 0.6) is 5.75 Å². The van der Waals surface area contributed by atoms with Gasteiger partial charge in [0.05, 0.1) is 18.6 Å². The molecule has 7 heteroatoms. The van der Waals surface area contributed by atoms with E-state index in [-0.39, 0.29) is 12.1 Å². The monoisotopic (exact) mass is 340 g/mol. The van der Waals surface area contributed by atoms with Gasteiger partial charge in [-0.05, 0) is 37.3 Å². The Labute approximate surface area is 145 Å². The third kappa shape index (κ3) is 4.20. The first kappa shape index (κ1) is 16.6. The molecule has 7 nitrogen and oxygen atoms in total. The van der Waals surface area contributed by atoms with Crippen molar-refractivity contribution in [2.75, 3.05) is 18.5 Å². The quantitative estimate of drug-likeness (QED) is 0.691. The van der Waals surface area contributed by atoms with Crippen LogP contribution in [0.1, 0.15) is 18.7 Å². The van der Waals surface area contributed by atoms with E-state index in [9.17, 15) is 4.79 Å². The minimum absolute atomic E-state index is 0.224. The second-order valence-electron chi connectivity index (χ2n) is 5.28. The van der Waals surface area contributed by atoms with Crippen LogP contribution < -0.4 is 15.4 Å². The first-order valence-corrected chi connectivity index (χ1v) is 8.07. The number of carbonyl (C=O) groups excluding carboxylic acids is 1. The van der Waals surface area contributed by atoms with Gasteiger partial charge in [-0.25, -0.2) is 4.79 Å². The highest BCUT2D eigenvalue weighted by atomic mass is 16.5. The van der Waals surface area contributed by atoms with E-state index in [1.807, 2.05) is 49.5 Å². The Kier molecular flexibility index (Phi) is 5.36. The number of aromatic nitrogens is 2. The summed E-state index contributed by atoms with van der Waals surface area (Å²) >= 11 is 0. The Morgan fingerprint density at radius 1 is 1.28 bits per heavy atom. The molecule has 0 fully saturated rings. The first-order chi connectivity index (χ1) is 12.3. The van der Waals surface area contributed by atoms with E-state index >= 15 is 0 Å². The van der Waals surface area contributed by atoms with Gasteiger partial charge in [0.25, 0.3) is 0 Å². The van der Waals surface area contributed by atoms with Gasteiger partial charge >= 0.3 is 6.03 Å². The number of hydrogen-bond acceptors (Lipinski definition) is 4. The molecular formula is C18H20N4O3. The molecule has 3 aromatic rings. The van der Waals surface area contributed by atoms with Gasteiger partial charge in [-0.2, -0.15) is 5.10 Å². The van der Waals surface area contributed by atoms with Gasteiger partial charge < -0.3 is 19.8 Å². The number of carbonyl (C=O) groups is 1. The van der Waals surface area contributed by atoms with E-state index in [4.69, 9.17) is 9.15 Å². The largest absolute Gasteiger partial charge is 0.492 e. The number of para-hydroxylation sites is 2. The molecule has 1 unspecified atom stereocenters. The lowest BCUT2D eigenvalue weighted by atomic mass is 10.2. The van der Waals surface area contributed by atoms with Gasteiger partial charge in [-0.3, -0.25) is 4.68 Å². The average molecular weight is 340 g/mol. The van der Waals surface area contributed by atoms with E-state index in [2.05, 4.69) is 15.7 Å². The minimum atomic E-state index is -0.323. The molecule has 25 heavy (non-hydrogen) atoms. The molecule has 0 radical (unpaired) electrons. The summed E-state index contributed by atoms with van der Waals surface area (Å²) in [5.41, 5.74) is 0.621. The Balaban J connectivity index is 1.65. The maximum atomic E-state index is 12.3. The molecule has 1 aromatic carbocycles. The van der Waals surface area contributed by atoms with Crippen molar-refractivity contribution in [1.82, 2.24) is 15.1 Å². The molecule has 2 heterocycles. The van der Waals surface area contributed by atoms with Crippen LogP contribution in [0.4, 0.5) is 10.5 Å². The molecule has 0 saturated carbocycles. The van der Waals surface area contributed by atoms with Crippen LogP contribution in [0.15, 0.2) is 65.5 Å². The van der Waals surface area contributed by atoms with Gasteiger partial charge in [0.15, 0.2) is 0 Å². The second-order valence-corrected chi connectivity index (χ2v) is 5.28. The molecule has 0 bridgehead atoms. The highest BCUT2D eigenvalue weighted by molar-refractivity contribution is 5.90. The molecule has 130 valence electrons. The van der Waals surface area contributed by atoms with Gasteiger partial charge in [-0.15, -0.1) is 0 Å². The van der Waals surface area contributed by atoms with Crippen LogP contribution in [-0.2, 0) is 0 Å². The Morgan fingerprint density at radius 3 is 2.88 bits per heavy atom. The molecule has 3 rings (SSSR count). The van der Waals surface area contributed by atoms with Crippen LogP contribution in [0.25, 0.3) is 0 Å². The zero-order valence-electron chi connectivity index (χ0n) is 13.9. The fourth-order valence-electron chi connectivity index (χ4n) is 2.48. The van der Waals surface area contributed by atoms with Gasteiger partial charge in [0.1, 0.15) is 17.6 Å². The summed E-state index contributed by atoms with van der Waals surface area (Å²) in [5.74, 6) is 1.36. The number of nitrogens with one attached hydrogen (secondary N) is 2. The first-order valence-electron chi connectivity index (χ1n) is 8.07. The predicted octanol–water partition coefficient (Wildman–Crippen LogP) is 3.29. The second kappa shape index (κ2) is 8.05. The number of rotatable bonds is 7. The lowest BCUT2D eigenvalue weighted by Crippen LogP contribution is -2.34. The van der Waals surface area contributed by atoms with Crippen molar-refractivity contribution in [1.29, 1.82) is 0 Å². The number of anilines is 1. The zero-order chi connectivity index (χ0) is 17.5. The van der Waals surface area contributed by atoms with Crippen molar-refractivity contribution in [2.24, 2.45) is 0 Å². The third-order valence-electron chi connectivity index (χ3n) is 3.61. The summed E-state index contributed by atoms with van der Waals surface area (Å²) in [6.45, 7) is 2.76. The van der Waals surface area contributed by atoms with Crippen molar-refractivity contribution < 1.29 is 13.9 Å². The fraction of sp³-hybridized carbons (Fsp3) is 0.222. The predicted molar refractivity (Wildman–Crippen MR) is 93.7 cm³/mol. The van der Waals surface area contributed by atoms with Crippen LogP contribution in [0.2, 0.25) is 0 Å². The minimum Gasteiger partial charge on any atom is -0.492 e. The number of ether oxygens (including phenoxy) is 1. The van der Waals surface area contributed by atoms with Crippen LogP contribution >= 0.6 is 0 Å². The zero-order valence-corrected chi connectivity index (χ0v) is 13.9. The highest BCUT2D eigenvalue weighted by Gasteiger charge is 2.18. The molecule has 0 saturated heterocycles.